The number of imidazole rings is 1. The second-order valence-electron chi connectivity index (χ2n) is 3.32. The average molecular weight is 271 g/mol. The molecule has 74 valence electrons. The summed E-state index contributed by atoms with van der Waals surface area (Å²) in [4.78, 5) is 5.89. The Labute approximate surface area is 97.4 Å². The molecule has 0 unspecified atom stereocenters. The van der Waals surface area contributed by atoms with E-state index in [0.717, 1.165) is 18.7 Å². The van der Waals surface area contributed by atoms with Gasteiger partial charge in [0.15, 0.2) is 0 Å². The zero-order chi connectivity index (χ0) is 8.67. The summed E-state index contributed by atoms with van der Waals surface area (Å²) in [7, 11) is 0. The highest BCUT2D eigenvalue weighted by atomic mass is 79.9. The van der Waals surface area contributed by atoms with Crippen LogP contribution in [0, 0.1) is 0 Å². The first-order chi connectivity index (χ1) is 6.43. The van der Waals surface area contributed by atoms with Crippen molar-refractivity contribution >= 4 is 28.3 Å². The maximum Gasteiger partial charge on any atom is 0.109 e. The Kier molecular flexibility index (Phi) is 2.74. The number of hydrogen-bond donors (Lipinski definition) is 0. The molecule has 0 fully saturated rings. The number of thiophene rings is 1. The normalized spacial score (nSPS) is 13.7. The molecule has 2 aromatic rings. The molecule has 0 saturated carbocycles. The van der Waals surface area contributed by atoms with Crippen molar-refractivity contribution in [3.8, 4) is 10.6 Å². The summed E-state index contributed by atoms with van der Waals surface area (Å²) in [5.74, 6) is 1.25. The maximum absolute atomic E-state index is 4.61. The van der Waals surface area contributed by atoms with E-state index in [2.05, 4.69) is 33.3 Å². The summed E-state index contributed by atoms with van der Waals surface area (Å²) in [5.41, 5.74) is 1.14. The van der Waals surface area contributed by atoms with E-state index in [9.17, 15) is 0 Å². The topological polar surface area (TPSA) is 17.8 Å². The third-order valence-electron chi connectivity index (χ3n) is 2.43. The highest BCUT2D eigenvalue weighted by Gasteiger charge is 2.14. The van der Waals surface area contributed by atoms with Crippen LogP contribution in [0.2, 0.25) is 0 Å². The number of fused-ring (bicyclic) bond motifs is 1. The van der Waals surface area contributed by atoms with Crippen molar-refractivity contribution in [3.05, 3.63) is 29.5 Å². The third-order valence-corrected chi connectivity index (χ3v) is 3.32. The van der Waals surface area contributed by atoms with Crippen molar-refractivity contribution in [1.82, 2.24) is 9.55 Å². The number of rotatable bonds is 1. The van der Waals surface area contributed by atoms with Crippen LogP contribution >= 0.6 is 28.3 Å². The van der Waals surface area contributed by atoms with E-state index >= 15 is 0 Å². The number of halogens is 1. The van der Waals surface area contributed by atoms with Crippen molar-refractivity contribution < 1.29 is 0 Å². The van der Waals surface area contributed by atoms with Crippen LogP contribution in [0.1, 0.15) is 12.2 Å². The number of aromatic nitrogens is 2. The van der Waals surface area contributed by atoms with Crippen LogP contribution in [0.3, 0.4) is 0 Å². The highest BCUT2D eigenvalue weighted by Crippen LogP contribution is 2.26. The lowest BCUT2D eigenvalue weighted by molar-refractivity contribution is 0.750. The molecule has 0 amide bonds. The van der Waals surface area contributed by atoms with Gasteiger partial charge >= 0.3 is 0 Å². The summed E-state index contributed by atoms with van der Waals surface area (Å²) in [6, 6.07) is 4.20. The molecule has 14 heavy (non-hydrogen) atoms. The summed E-state index contributed by atoms with van der Waals surface area (Å²) in [6.45, 7) is 1.15. The van der Waals surface area contributed by atoms with Gasteiger partial charge in [-0.2, -0.15) is 0 Å². The summed E-state index contributed by atoms with van der Waals surface area (Å²) in [5, 5.41) is 2.10. The SMILES string of the molecule is Br.c1csc(-c2cn3c(n2)CCC3)c1. The molecule has 4 heteroatoms. The molecule has 0 atom stereocenters. The zero-order valence-electron chi connectivity index (χ0n) is 7.64. The molecular formula is C10H11BrN2S. The number of aryl methyl sites for hydroxylation is 2. The Morgan fingerprint density at radius 3 is 3.07 bits per heavy atom. The molecule has 0 aromatic carbocycles. The van der Waals surface area contributed by atoms with Gasteiger partial charge in [0.2, 0.25) is 0 Å². The molecule has 0 aliphatic carbocycles. The predicted molar refractivity (Wildman–Crippen MR) is 64.2 cm³/mol. The van der Waals surface area contributed by atoms with Crippen LogP contribution in [-0.2, 0) is 13.0 Å². The number of nitrogens with zero attached hydrogens (tertiary/aromatic N) is 2. The molecule has 0 N–H and O–H groups in total. The molecule has 3 heterocycles. The van der Waals surface area contributed by atoms with Crippen LogP contribution in [0.5, 0.6) is 0 Å². The molecule has 2 nitrogen and oxygen atoms in total. The summed E-state index contributed by atoms with van der Waals surface area (Å²) < 4.78 is 2.27. The summed E-state index contributed by atoms with van der Waals surface area (Å²) in [6.07, 6.45) is 4.58. The Morgan fingerprint density at radius 2 is 2.36 bits per heavy atom. The Hall–Kier alpha value is -0.610. The van der Waals surface area contributed by atoms with Gasteiger partial charge in [-0.05, 0) is 17.9 Å². The molecular weight excluding hydrogens is 260 g/mol. The molecule has 1 aliphatic rings. The minimum Gasteiger partial charge on any atom is -0.334 e. The fourth-order valence-corrected chi connectivity index (χ4v) is 2.48. The lowest BCUT2D eigenvalue weighted by atomic mass is 10.3. The predicted octanol–water partition coefficient (Wildman–Crippen LogP) is 3.14. The molecule has 2 aromatic heterocycles. The molecule has 0 radical (unpaired) electrons. The molecule has 0 spiro atoms. The zero-order valence-corrected chi connectivity index (χ0v) is 10.2. The fraction of sp³-hybridized carbons (Fsp3) is 0.300. The van der Waals surface area contributed by atoms with Crippen molar-refractivity contribution in [2.75, 3.05) is 0 Å². The Morgan fingerprint density at radius 1 is 1.43 bits per heavy atom. The first kappa shape index (κ1) is 9.93. The Balaban J connectivity index is 0.000000750. The van der Waals surface area contributed by atoms with Crippen molar-refractivity contribution in [1.29, 1.82) is 0 Å². The standard InChI is InChI=1S/C10H10N2S.BrH/c1-4-10-11-8(7-12(10)5-1)9-3-2-6-13-9;/h2-3,6-7H,1,4-5H2;1H. The van der Waals surface area contributed by atoms with E-state index in [1.54, 1.807) is 11.3 Å². The van der Waals surface area contributed by atoms with Gasteiger partial charge in [-0.1, -0.05) is 6.07 Å². The van der Waals surface area contributed by atoms with Crippen molar-refractivity contribution in [2.24, 2.45) is 0 Å². The summed E-state index contributed by atoms with van der Waals surface area (Å²) >= 11 is 1.76. The quantitative estimate of drug-likeness (QED) is 0.779. The van der Waals surface area contributed by atoms with Crippen molar-refractivity contribution in [3.63, 3.8) is 0 Å². The minimum absolute atomic E-state index is 0. The number of hydrogen-bond acceptors (Lipinski definition) is 2. The van der Waals surface area contributed by atoms with Gasteiger partial charge in [0, 0.05) is 19.2 Å². The largest absolute Gasteiger partial charge is 0.334 e. The lowest BCUT2D eigenvalue weighted by Gasteiger charge is -1.90. The monoisotopic (exact) mass is 270 g/mol. The third kappa shape index (κ3) is 1.53. The van der Waals surface area contributed by atoms with E-state index in [1.807, 2.05) is 0 Å². The van der Waals surface area contributed by atoms with Crippen LogP contribution < -0.4 is 0 Å². The van der Waals surface area contributed by atoms with E-state index in [-0.39, 0.29) is 17.0 Å². The van der Waals surface area contributed by atoms with Gasteiger partial charge in [0.25, 0.3) is 0 Å². The second-order valence-corrected chi connectivity index (χ2v) is 4.26. The molecule has 0 bridgehead atoms. The van der Waals surface area contributed by atoms with Crippen LogP contribution in [0.4, 0.5) is 0 Å². The van der Waals surface area contributed by atoms with E-state index in [4.69, 9.17) is 0 Å². The van der Waals surface area contributed by atoms with Gasteiger partial charge < -0.3 is 4.57 Å². The minimum atomic E-state index is 0. The van der Waals surface area contributed by atoms with Gasteiger partial charge in [-0.3, -0.25) is 0 Å². The van der Waals surface area contributed by atoms with Crippen LogP contribution in [0.25, 0.3) is 10.6 Å². The van der Waals surface area contributed by atoms with Gasteiger partial charge in [0.05, 0.1) is 10.6 Å². The van der Waals surface area contributed by atoms with Gasteiger partial charge in [-0.15, -0.1) is 28.3 Å². The van der Waals surface area contributed by atoms with Crippen LogP contribution in [-0.4, -0.2) is 9.55 Å². The maximum atomic E-state index is 4.61. The average Bonchev–Trinajstić information content (AvgIpc) is 2.78. The molecule has 1 aliphatic heterocycles. The van der Waals surface area contributed by atoms with Crippen molar-refractivity contribution in [2.45, 2.75) is 19.4 Å². The molecule has 0 saturated heterocycles. The first-order valence-electron chi connectivity index (χ1n) is 4.53. The second kappa shape index (κ2) is 3.87. The van der Waals surface area contributed by atoms with E-state index in [1.165, 1.54) is 17.1 Å². The fourth-order valence-electron chi connectivity index (χ4n) is 1.80. The van der Waals surface area contributed by atoms with Crippen LogP contribution in [0.15, 0.2) is 23.7 Å². The van der Waals surface area contributed by atoms with Gasteiger partial charge in [-0.25, -0.2) is 4.98 Å². The molecule has 3 rings (SSSR count). The highest BCUT2D eigenvalue weighted by molar-refractivity contribution is 8.93. The Bertz CT molecular complexity index is 398. The lowest BCUT2D eigenvalue weighted by Crippen LogP contribution is -1.87. The van der Waals surface area contributed by atoms with E-state index in [0.29, 0.717) is 0 Å². The van der Waals surface area contributed by atoms with E-state index < -0.39 is 0 Å². The first-order valence-corrected chi connectivity index (χ1v) is 5.41. The smallest absolute Gasteiger partial charge is 0.109 e. The van der Waals surface area contributed by atoms with Gasteiger partial charge in [0.1, 0.15) is 5.82 Å².